The molecule has 0 spiro atoms. The molecule has 0 aromatic carbocycles. The van der Waals surface area contributed by atoms with Gasteiger partial charge in [0.15, 0.2) is 0 Å². The van der Waals surface area contributed by atoms with Crippen molar-refractivity contribution < 1.29 is 0 Å². The molecule has 0 saturated heterocycles. The van der Waals surface area contributed by atoms with Crippen molar-refractivity contribution in [1.82, 2.24) is 0 Å². The van der Waals surface area contributed by atoms with Crippen LogP contribution in [0.15, 0.2) is 52.2 Å². The molecular weight excluding hydrogens is 254 g/mol. The molecule has 0 N–H and O–H groups in total. The fourth-order valence-corrected chi connectivity index (χ4v) is 2.45. The van der Waals surface area contributed by atoms with Crippen LogP contribution in [0, 0.1) is 11.8 Å². The standard InChI is InChI=1S/C20H31N/c1-8-15(6)20(21-19(10-3)18-11-12-18)16(7)13-17(9-2)14(4)5/h9-10,13,15,18H,4,8,11-12H2,1-3,5-7H3/b16-13-,17-9+,19-10-,21-20-. The summed E-state index contributed by atoms with van der Waals surface area (Å²) in [6, 6.07) is 0. The second kappa shape index (κ2) is 8.17. The summed E-state index contributed by atoms with van der Waals surface area (Å²) < 4.78 is 0. The van der Waals surface area contributed by atoms with Crippen LogP contribution in [-0.4, -0.2) is 5.71 Å². The van der Waals surface area contributed by atoms with Crippen LogP contribution in [-0.2, 0) is 0 Å². The monoisotopic (exact) mass is 285 g/mol. The van der Waals surface area contributed by atoms with Gasteiger partial charge in [0.25, 0.3) is 0 Å². The van der Waals surface area contributed by atoms with Crippen LogP contribution in [0.1, 0.15) is 60.8 Å². The number of aliphatic imine (C=N–C) groups is 1. The number of allylic oxidation sites excluding steroid dienone is 7. The molecule has 1 heteroatoms. The predicted octanol–water partition coefficient (Wildman–Crippen LogP) is 6.26. The van der Waals surface area contributed by atoms with Gasteiger partial charge in [-0.05, 0) is 64.0 Å². The molecule has 0 aliphatic heterocycles. The molecule has 1 aliphatic carbocycles. The van der Waals surface area contributed by atoms with Gasteiger partial charge in [-0.3, -0.25) is 4.99 Å². The van der Waals surface area contributed by atoms with E-state index in [1.165, 1.54) is 35.4 Å². The minimum absolute atomic E-state index is 0.484. The van der Waals surface area contributed by atoms with Gasteiger partial charge in [0.2, 0.25) is 0 Å². The Hall–Kier alpha value is -1.37. The largest absolute Gasteiger partial charge is 0.257 e. The Bertz CT molecular complexity index is 496. The first-order chi connectivity index (χ1) is 9.94. The van der Waals surface area contributed by atoms with E-state index in [1.54, 1.807) is 0 Å². The van der Waals surface area contributed by atoms with E-state index >= 15 is 0 Å². The van der Waals surface area contributed by atoms with Gasteiger partial charge >= 0.3 is 0 Å². The number of hydrogen-bond donors (Lipinski definition) is 0. The summed E-state index contributed by atoms with van der Waals surface area (Å²) in [6.07, 6.45) is 10.2. The van der Waals surface area contributed by atoms with Crippen LogP contribution in [0.5, 0.6) is 0 Å². The molecule has 21 heavy (non-hydrogen) atoms. The summed E-state index contributed by atoms with van der Waals surface area (Å²) in [5.41, 5.74) is 6.08. The lowest BCUT2D eigenvalue weighted by Crippen LogP contribution is -2.13. The highest BCUT2D eigenvalue weighted by Crippen LogP contribution is 2.37. The van der Waals surface area contributed by atoms with Crippen molar-refractivity contribution in [1.29, 1.82) is 0 Å². The Labute approximate surface area is 131 Å². The molecule has 1 nitrogen and oxygen atoms in total. The molecule has 0 heterocycles. The SMILES string of the molecule is C=C(C)C(/C=C(C)\C(=N/C(=C\C)C1CC1)C(C)CC)=C/C. The van der Waals surface area contributed by atoms with Crippen molar-refractivity contribution in [2.45, 2.75) is 60.8 Å². The second-order valence-electron chi connectivity index (χ2n) is 6.15. The van der Waals surface area contributed by atoms with Gasteiger partial charge in [-0.1, -0.05) is 44.2 Å². The normalized spacial score (nSPS) is 19.7. The quantitative estimate of drug-likeness (QED) is 0.387. The van der Waals surface area contributed by atoms with Crippen LogP contribution in [0.3, 0.4) is 0 Å². The zero-order chi connectivity index (χ0) is 16.0. The van der Waals surface area contributed by atoms with E-state index in [2.05, 4.69) is 66.3 Å². The lowest BCUT2D eigenvalue weighted by atomic mass is 9.94. The van der Waals surface area contributed by atoms with Crippen molar-refractivity contribution in [3.63, 3.8) is 0 Å². The van der Waals surface area contributed by atoms with Gasteiger partial charge in [0.1, 0.15) is 0 Å². The highest BCUT2D eigenvalue weighted by molar-refractivity contribution is 6.02. The predicted molar refractivity (Wildman–Crippen MR) is 95.7 cm³/mol. The molecule has 1 rings (SSSR count). The van der Waals surface area contributed by atoms with Gasteiger partial charge in [-0.2, -0.15) is 0 Å². The van der Waals surface area contributed by atoms with Gasteiger partial charge in [0, 0.05) is 17.3 Å². The Morgan fingerprint density at radius 2 is 1.86 bits per heavy atom. The van der Waals surface area contributed by atoms with Crippen molar-refractivity contribution in [2.75, 3.05) is 0 Å². The second-order valence-corrected chi connectivity index (χ2v) is 6.15. The van der Waals surface area contributed by atoms with Crippen molar-refractivity contribution in [2.24, 2.45) is 16.8 Å². The number of nitrogens with zero attached hydrogens (tertiary/aromatic N) is 1. The van der Waals surface area contributed by atoms with Gasteiger partial charge < -0.3 is 0 Å². The molecule has 1 saturated carbocycles. The van der Waals surface area contributed by atoms with Crippen LogP contribution in [0.4, 0.5) is 0 Å². The maximum Gasteiger partial charge on any atom is 0.0464 e. The lowest BCUT2D eigenvalue weighted by molar-refractivity contribution is 0.735. The third-order valence-electron chi connectivity index (χ3n) is 4.20. The summed E-state index contributed by atoms with van der Waals surface area (Å²) in [6.45, 7) is 17.0. The van der Waals surface area contributed by atoms with Gasteiger partial charge in [-0.15, -0.1) is 0 Å². The van der Waals surface area contributed by atoms with E-state index in [1.807, 2.05) is 0 Å². The molecule has 1 atom stereocenters. The lowest BCUT2D eigenvalue weighted by Gasteiger charge is -2.16. The molecule has 0 aromatic rings. The first-order valence-corrected chi connectivity index (χ1v) is 8.20. The van der Waals surface area contributed by atoms with Crippen molar-refractivity contribution in [3.8, 4) is 0 Å². The molecule has 1 unspecified atom stereocenters. The first-order valence-electron chi connectivity index (χ1n) is 8.20. The summed E-state index contributed by atoms with van der Waals surface area (Å²) in [5, 5.41) is 0. The van der Waals surface area contributed by atoms with E-state index in [9.17, 15) is 0 Å². The maximum atomic E-state index is 5.03. The van der Waals surface area contributed by atoms with E-state index in [4.69, 9.17) is 4.99 Å². The Morgan fingerprint density at radius 1 is 1.24 bits per heavy atom. The zero-order valence-electron chi connectivity index (χ0n) is 14.7. The number of rotatable bonds is 7. The third-order valence-corrected chi connectivity index (χ3v) is 4.20. The van der Waals surface area contributed by atoms with Crippen LogP contribution >= 0.6 is 0 Å². The van der Waals surface area contributed by atoms with Crippen LogP contribution in [0.2, 0.25) is 0 Å². The van der Waals surface area contributed by atoms with E-state index in [-0.39, 0.29) is 0 Å². The fourth-order valence-electron chi connectivity index (χ4n) is 2.45. The summed E-state index contributed by atoms with van der Waals surface area (Å²) >= 11 is 0. The van der Waals surface area contributed by atoms with Crippen LogP contribution in [0.25, 0.3) is 0 Å². The molecule has 0 aromatic heterocycles. The third kappa shape index (κ3) is 5.15. The fraction of sp³-hybridized carbons (Fsp3) is 0.550. The summed E-state index contributed by atoms with van der Waals surface area (Å²) in [7, 11) is 0. The topological polar surface area (TPSA) is 12.4 Å². The molecule has 0 bridgehead atoms. The maximum absolute atomic E-state index is 5.03. The smallest absolute Gasteiger partial charge is 0.0464 e. The molecule has 1 aliphatic rings. The Morgan fingerprint density at radius 3 is 2.24 bits per heavy atom. The summed E-state index contributed by atoms with van der Waals surface area (Å²) in [5.74, 6) is 1.18. The minimum Gasteiger partial charge on any atom is -0.257 e. The summed E-state index contributed by atoms with van der Waals surface area (Å²) in [4.78, 5) is 5.03. The van der Waals surface area contributed by atoms with E-state index in [0.717, 1.165) is 12.0 Å². The minimum atomic E-state index is 0.484. The average molecular weight is 285 g/mol. The van der Waals surface area contributed by atoms with Gasteiger partial charge in [-0.25, -0.2) is 0 Å². The molecule has 0 amide bonds. The van der Waals surface area contributed by atoms with Crippen LogP contribution < -0.4 is 0 Å². The van der Waals surface area contributed by atoms with Crippen molar-refractivity contribution in [3.05, 3.63) is 47.2 Å². The highest BCUT2D eigenvalue weighted by atomic mass is 14.8. The molecule has 116 valence electrons. The molecular formula is C20H31N. The number of hydrogen-bond acceptors (Lipinski definition) is 1. The molecule has 0 radical (unpaired) electrons. The first kappa shape index (κ1) is 17.7. The van der Waals surface area contributed by atoms with E-state index in [0.29, 0.717) is 11.8 Å². The zero-order valence-corrected chi connectivity index (χ0v) is 14.7. The highest BCUT2D eigenvalue weighted by Gasteiger charge is 2.26. The van der Waals surface area contributed by atoms with Gasteiger partial charge in [0.05, 0.1) is 0 Å². The van der Waals surface area contributed by atoms with E-state index < -0.39 is 0 Å². The molecule has 1 fully saturated rings. The van der Waals surface area contributed by atoms with Crippen molar-refractivity contribution >= 4 is 5.71 Å². The Kier molecular flexibility index (Phi) is 6.87. The average Bonchev–Trinajstić information content (AvgIpc) is 3.29. The Balaban J connectivity index is 3.15.